The molecule has 0 spiro atoms. The Kier molecular flexibility index (Phi) is 36.1. The summed E-state index contributed by atoms with van der Waals surface area (Å²) < 4.78 is 33.2. The van der Waals surface area contributed by atoms with Gasteiger partial charge in [-0.05, 0) is 77.0 Å². The third-order valence-electron chi connectivity index (χ3n) is 7.61. The van der Waals surface area contributed by atoms with Gasteiger partial charge in [0.15, 0.2) is 0 Å². The summed E-state index contributed by atoms with van der Waals surface area (Å²) in [5.41, 5.74) is 0. The normalized spacial score (nSPS) is 15.0. The van der Waals surface area contributed by atoms with Gasteiger partial charge in [-0.3, -0.25) is 13.8 Å². The van der Waals surface area contributed by atoms with Gasteiger partial charge in [-0.15, -0.1) is 0 Å². The number of rotatable bonds is 36. The number of allylic oxidation sites excluding steroid dienone is 12. The molecule has 0 bridgehead atoms. The van der Waals surface area contributed by atoms with Crippen LogP contribution in [0.4, 0.5) is 0 Å². The maximum atomic E-state index is 12.5. The van der Waals surface area contributed by atoms with Crippen LogP contribution in [0.15, 0.2) is 72.9 Å². The van der Waals surface area contributed by atoms with Crippen LogP contribution in [-0.2, 0) is 27.9 Å². The smallest absolute Gasteiger partial charge is 0.457 e. The quantitative estimate of drug-likeness (QED) is 0.0249. The van der Waals surface area contributed by atoms with Crippen LogP contribution in [-0.4, -0.2) is 66.3 Å². The van der Waals surface area contributed by atoms with Crippen LogP contribution in [0.3, 0.4) is 0 Å². The summed E-state index contributed by atoms with van der Waals surface area (Å²) in [5.74, 6) is -0.408. The molecule has 0 aliphatic carbocycles. The first kappa shape index (κ1) is 48.9. The number of unbranched alkanes of at least 4 members (excludes halogenated alkanes) is 10. The summed E-state index contributed by atoms with van der Waals surface area (Å²) >= 11 is 0. The minimum Gasteiger partial charge on any atom is -0.457 e. The lowest BCUT2D eigenvalue weighted by Crippen LogP contribution is -2.29. The summed E-state index contributed by atoms with van der Waals surface area (Å²) in [7, 11) is -4.52. The van der Waals surface area contributed by atoms with Gasteiger partial charge in [-0.1, -0.05) is 125 Å². The molecule has 0 radical (unpaired) electrons. The lowest BCUT2D eigenvalue weighted by Gasteiger charge is -2.20. The number of carbonyl (C=O) groups excluding carboxylic acids is 1. The lowest BCUT2D eigenvalue weighted by atomic mass is 10.1. The number of carbonyl (C=O) groups is 1. The Hall–Kier alpha value is -2.10. The molecule has 3 unspecified atom stereocenters. The van der Waals surface area contributed by atoms with E-state index in [0.717, 1.165) is 103 Å². The molecule has 0 saturated carbocycles. The highest BCUT2D eigenvalue weighted by molar-refractivity contribution is 7.47. The fraction of sp³-hybridized carbons (Fsp3) is 0.683. The van der Waals surface area contributed by atoms with Crippen molar-refractivity contribution in [1.82, 2.24) is 0 Å². The van der Waals surface area contributed by atoms with Gasteiger partial charge in [0.25, 0.3) is 0 Å². The second kappa shape index (κ2) is 37.7. The highest BCUT2D eigenvalue weighted by atomic mass is 31.2. The van der Waals surface area contributed by atoms with E-state index in [1.54, 1.807) is 0 Å². The zero-order valence-electron chi connectivity index (χ0n) is 31.8. The van der Waals surface area contributed by atoms with Gasteiger partial charge < -0.3 is 24.6 Å². The van der Waals surface area contributed by atoms with E-state index in [1.807, 2.05) is 0 Å². The highest BCUT2D eigenvalue weighted by Crippen LogP contribution is 2.43. The summed E-state index contributed by atoms with van der Waals surface area (Å²) in [5, 5.41) is 18.3. The number of aliphatic hydroxyl groups is 2. The SMILES string of the molecule is CC/C=C\C/C=C\C/C=C\C/C=C\C/C=C\CCCCCCOCC(COP(=O)(O)OCC(O)CO)OC(=O)CCCCCCC/C=C\CCC. The monoisotopic (exact) mass is 738 g/mol. The molecule has 3 atom stereocenters. The second-order valence-electron chi connectivity index (χ2n) is 12.6. The molecule has 0 aliphatic heterocycles. The largest absolute Gasteiger partial charge is 0.472 e. The van der Waals surface area contributed by atoms with Crippen LogP contribution in [0.2, 0.25) is 0 Å². The third-order valence-corrected chi connectivity index (χ3v) is 8.56. The van der Waals surface area contributed by atoms with Crippen molar-refractivity contribution < 1.29 is 43.0 Å². The minimum atomic E-state index is -4.52. The lowest BCUT2D eigenvalue weighted by molar-refractivity contribution is -0.154. The number of aliphatic hydroxyl groups excluding tert-OH is 2. The number of hydrogen-bond donors (Lipinski definition) is 3. The van der Waals surface area contributed by atoms with E-state index in [9.17, 15) is 19.4 Å². The van der Waals surface area contributed by atoms with Crippen LogP contribution < -0.4 is 0 Å². The summed E-state index contributed by atoms with van der Waals surface area (Å²) in [4.78, 5) is 22.4. The van der Waals surface area contributed by atoms with Crippen LogP contribution in [0.25, 0.3) is 0 Å². The second-order valence-corrected chi connectivity index (χ2v) is 14.0. The summed E-state index contributed by atoms with van der Waals surface area (Å²) in [6, 6.07) is 0. The molecular weight excluding hydrogens is 667 g/mol. The predicted molar refractivity (Wildman–Crippen MR) is 209 cm³/mol. The molecule has 0 aromatic rings. The van der Waals surface area contributed by atoms with Crippen molar-refractivity contribution in [1.29, 1.82) is 0 Å². The van der Waals surface area contributed by atoms with Crippen LogP contribution in [0, 0.1) is 0 Å². The molecule has 0 aliphatic rings. The molecule has 0 fully saturated rings. The Balaban J connectivity index is 4.26. The molecule has 0 aromatic carbocycles. The Morgan fingerprint density at radius 2 is 1.12 bits per heavy atom. The van der Waals surface area contributed by atoms with Gasteiger partial charge in [-0.25, -0.2) is 4.57 Å². The average molecular weight is 739 g/mol. The maximum absolute atomic E-state index is 12.5. The van der Waals surface area contributed by atoms with E-state index in [-0.39, 0.29) is 13.0 Å². The molecule has 0 amide bonds. The number of esters is 1. The van der Waals surface area contributed by atoms with Crippen molar-refractivity contribution >= 4 is 13.8 Å². The highest BCUT2D eigenvalue weighted by Gasteiger charge is 2.26. The topological polar surface area (TPSA) is 132 Å². The zero-order chi connectivity index (χ0) is 37.5. The van der Waals surface area contributed by atoms with Crippen molar-refractivity contribution in [3.05, 3.63) is 72.9 Å². The predicted octanol–water partition coefficient (Wildman–Crippen LogP) is 10.2. The third kappa shape index (κ3) is 37.5. The molecule has 3 N–H and O–H groups in total. The Labute approximate surface area is 310 Å². The van der Waals surface area contributed by atoms with Gasteiger partial charge in [-0.2, -0.15) is 0 Å². The van der Waals surface area contributed by atoms with Crippen LogP contribution >= 0.6 is 7.82 Å². The molecule has 0 aromatic heterocycles. The molecule has 0 rings (SSSR count). The number of hydrogen-bond acceptors (Lipinski definition) is 8. The molecule has 0 saturated heterocycles. The Morgan fingerprint density at radius 1 is 0.627 bits per heavy atom. The van der Waals surface area contributed by atoms with E-state index in [1.165, 1.54) is 6.42 Å². The summed E-state index contributed by atoms with van der Waals surface area (Å²) in [6.45, 7) is 3.23. The first-order valence-corrected chi connectivity index (χ1v) is 20.9. The van der Waals surface area contributed by atoms with E-state index < -0.39 is 45.8 Å². The molecular formula is C41H71O9P. The van der Waals surface area contributed by atoms with Crippen LogP contribution in [0.1, 0.15) is 136 Å². The maximum Gasteiger partial charge on any atom is 0.472 e. The molecule has 294 valence electrons. The van der Waals surface area contributed by atoms with Gasteiger partial charge in [0.2, 0.25) is 0 Å². The fourth-order valence-corrected chi connectivity index (χ4v) is 5.47. The molecule has 10 heteroatoms. The van der Waals surface area contributed by atoms with Crippen molar-refractivity contribution in [3.63, 3.8) is 0 Å². The number of phosphoric acid groups is 1. The van der Waals surface area contributed by atoms with Crippen molar-refractivity contribution in [2.75, 3.05) is 33.0 Å². The van der Waals surface area contributed by atoms with E-state index in [4.69, 9.17) is 23.6 Å². The minimum absolute atomic E-state index is 0.0244. The van der Waals surface area contributed by atoms with Gasteiger partial charge in [0.1, 0.15) is 12.2 Å². The average Bonchev–Trinajstić information content (AvgIpc) is 3.12. The van der Waals surface area contributed by atoms with Crippen molar-refractivity contribution in [2.45, 2.75) is 148 Å². The van der Waals surface area contributed by atoms with Crippen LogP contribution in [0.5, 0.6) is 0 Å². The number of phosphoric ester groups is 1. The van der Waals surface area contributed by atoms with E-state index in [0.29, 0.717) is 13.0 Å². The standard InChI is InChI=1S/C41H71O9P/c1-3-5-7-9-11-13-15-16-17-18-19-20-21-22-23-24-26-28-30-32-34-47-37-40(38-49-51(45,46)48-36-39(43)35-42)50-41(44)33-31-29-27-25-14-12-10-8-6-4-2/h5,7-8,10-11,13,16-17,19-20,22-23,39-40,42-43H,3-4,6,9,12,14-15,18,21,24-38H2,1-2H3,(H,45,46)/b7-5-,10-8-,13-11-,17-16-,20-19-,23-22-. The molecule has 0 heterocycles. The Morgan fingerprint density at radius 3 is 1.71 bits per heavy atom. The first-order chi connectivity index (χ1) is 24.8. The van der Waals surface area contributed by atoms with Gasteiger partial charge in [0.05, 0.1) is 26.4 Å². The number of ether oxygens (including phenoxy) is 2. The van der Waals surface area contributed by atoms with Crippen molar-refractivity contribution in [3.8, 4) is 0 Å². The van der Waals surface area contributed by atoms with Gasteiger partial charge >= 0.3 is 13.8 Å². The first-order valence-electron chi connectivity index (χ1n) is 19.4. The van der Waals surface area contributed by atoms with Crippen molar-refractivity contribution in [2.24, 2.45) is 0 Å². The Bertz CT molecular complexity index is 1020. The summed E-state index contributed by atoms with van der Waals surface area (Å²) in [6.07, 6.45) is 43.0. The fourth-order valence-electron chi connectivity index (χ4n) is 4.68. The van der Waals surface area contributed by atoms with Gasteiger partial charge in [0, 0.05) is 13.0 Å². The molecule has 9 nitrogen and oxygen atoms in total. The van der Waals surface area contributed by atoms with E-state index in [2.05, 4.69) is 86.8 Å². The van der Waals surface area contributed by atoms with E-state index >= 15 is 0 Å². The molecule has 51 heavy (non-hydrogen) atoms. The zero-order valence-corrected chi connectivity index (χ0v) is 32.7.